The van der Waals surface area contributed by atoms with Crippen LogP contribution >= 0.6 is 0 Å². The Morgan fingerprint density at radius 1 is 1.18 bits per heavy atom. The quantitative estimate of drug-likeness (QED) is 0.607. The van der Waals surface area contributed by atoms with Gasteiger partial charge in [0.1, 0.15) is 11.5 Å². The molecule has 0 aromatic carbocycles. The number of nitrogens with zero attached hydrogens (tertiary/aromatic N) is 2. The van der Waals surface area contributed by atoms with E-state index in [9.17, 15) is 14.7 Å². The van der Waals surface area contributed by atoms with E-state index in [-0.39, 0.29) is 34.7 Å². The average Bonchev–Trinajstić information content (AvgIpc) is 2.93. The monoisotopic (exact) mass is 386 g/mol. The molecule has 0 aliphatic heterocycles. The normalized spacial score (nSPS) is 23.1. The van der Waals surface area contributed by atoms with Crippen LogP contribution < -0.4 is 0 Å². The number of hydrogen-bond donors (Lipinski definition) is 1. The number of ketones is 2. The van der Waals surface area contributed by atoms with E-state index in [1.807, 2.05) is 34.6 Å². The Labute approximate surface area is 166 Å². The number of carbonyl (C=O) groups is 2. The van der Waals surface area contributed by atoms with Crippen LogP contribution in [0.3, 0.4) is 0 Å². The van der Waals surface area contributed by atoms with Gasteiger partial charge in [-0.15, -0.1) is 0 Å². The lowest BCUT2D eigenvalue weighted by Crippen LogP contribution is -2.26. The minimum atomic E-state index is -0.317. The van der Waals surface area contributed by atoms with Crippen LogP contribution in [-0.4, -0.2) is 33.1 Å². The molecule has 2 aliphatic rings. The summed E-state index contributed by atoms with van der Waals surface area (Å²) in [6.07, 6.45) is 3.60. The third-order valence-electron chi connectivity index (χ3n) is 5.13. The number of rotatable bonds is 3. The van der Waals surface area contributed by atoms with Gasteiger partial charge in [0.2, 0.25) is 0 Å². The fraction of sp³-hybridized carbons (Fsp3) is 0.636. The van der Waals surface area contributed by atoms with Crippen molar-refractivity contribution >= 4 is 17.3 Å². The topological polar surface area (TPSA) is 92.8 Å². The molecule has 0 amide bonds. The van der Waals surface area contributed by atoms with Gasteiger partial charge in [-0.25, -0.2) is 0 Å². The number of allylic oxidation sites excluding steroid dienone is 2. The lowest BCUT2D eigenvalue weighted by atomic mass is 9.76. The van der Waals surface area contributed by atoms with E-state index >= 15 is 0 Å². The van der Waals surface area contributed by atoms with Crippen LogP contribution in [0.2, 0.25) is 0 Å². The van der Waals surface area contributed by atoms with Gasteiger partial charge in [-0.3, -0.25) is 14.6 Å². The standard InChI is InChI=1S/C22H30N2O4/c1-21(2,3)23-13-7-6-8-15(25)19(13)16(26)10-9-14-20-17(27)11-22(4,5)12-18(20)28-24-14/h26H,6-12H2,1-5H3. The zero-order valence-electron chi connectivity index (χ0n) is 17.5. The molecular formula is C22H30N2O4. The van der Waals surface area contributed by atoms with Gasteiger partial charge >= 0.3 is 0 Å². The highest BCUT2D eigenvalue weighted by atomic mass is 16.5. The van der Waals surface area contributed by atoms with E-state index in [0.717, 1.165) is 6.42 Å². The highest BCUT2D eigenvalue weighted by molar-refractivity contribution is 6.24. The van der Waals surface area contributed by atoms with Gasteiger partial charge in [0.25, 0.3) is 0 Å². The fourth-order valence-electron chi connectivity index (χ4n) is 4.02. The van der Waals surface area contributed by atoms with Gasteiger partial charge in [0.15, 0.2) is 11.6 Å². The first-order valence-corrected chi connectivity index (χ1v) is 10.0. The molecule has 1 fully saturated rings. The predicted octanol–water partition coefficient (Wildman–Crippen LogP) is 4.57. The van der Waals surface area contributed by atoms with Crippen molar-refractivity contribution in [3.8, 4) is 0 Å². The van der Waals surface area contributed by atoms with E-state index in [0.29, 0.717) is 60.4 Å². The van der Waals surface area contributed by atoms with Crippen LogP contribution in [-0.2, 0) is 17.6 Å². The molecule has 1 saturated carbocycles. The minimum absolute atomic E-state index is 0.0352. The van der Waals surface area contributed by atoms with Crippen LogP contribution in [0.25, 0.3) is 0 Å². The molecule has 1 N–H and O–H groups in total. The lowest BCUT2D eigenvalue weighted by Gasteiger charge is -2.26. The van der Waals surface area contributed by atoms with Crippen molar-refractivity contribution in [2.75, 3.05) is 0 Å². The van der Waals surface area contributed by atoms with Crippen molar-refractivity contribution in [1.29, 1.82) is 0 Å². The second-order valence-electron chi connectivity index (χ2n) is 9.70. The number of hydrogen-bond acceptors (Lipinski definition) is 6. The van der Waals surface area contributed by atoms with Crippen LogP contribution in [0, 0.1) is 5.41 Å². The van der Waals surface area contributed by atoms with Crippen LogP contribution in [0.4, 0.5) is 0 Å². The first kappa shape index (κ1) is 20.5. The summed E-state index contributed by atoms with van der Waals surface area (Å²) in [5.74, 6) is 0.644. The molecular weight excluding hydrogens is 356 g/mol. The molecule has 1 heterocycles. The zero-order chi connectivity index (χ0) is 20.7. The number of carbonyl (C=O) groups excluding carboxylic acids is 2. The van der Waals surface area contributed by atoms with Gasteiger partial charge < -0.3 is 9.63 Å². The maximum Gasteiger partial charge on any atom is 0.168 e. The summed E-state index contributed by atoms with van der Waals surface area (Å²) in [6, 6.07) is 0. The Morgan fingerprint density at radius 3 is 2.57 bits per heavy atom. The first-order valence-electron chi connectivity index (χ1n) is 10.0. The smallest absolute Gasteiger partial charge is 0.168 e. The maximum atomic E-state index is 12.5. The van der Waals surface area contributed by atoms with Crippen molar-refractivity contribution in [2.24, 2.45) is 10.4 Å². The van der Waals surface area contributed by atoms with E-state index in [4.69, 9.17) is 4.52 Å². The number of aliphatic hydroxyl groups excluding tert-OH is 1. The van der Waals surface area contributed by atoms with Crippen molar-refractivity contribution < 1.29 is 19.2 Å². The highest BCUT2D eigenvalue weighted by Gasteiger charge is 2.36. The number of aryl methyl sites for hydroxylation is 1. The van der Waals surface area contributed by atoms with Gasteiger partial charge in [-0.1, -0.05) is 19.0 Å². The summed E-state index contributed by atoms with van der Waals surface area (Å²) in [6.45, 7) is 10.0. The molecule has 152 valence electrons. The molecule has 3 rings (SSSR count). The molecule has 1 aromatic heterocycles. The predicted molar refractivity (Wildman–Crippen MR) is 107 cm³/mol. The van der Waals surface area contributed by atoms with E-state index in [2.05, 4.69) is 10.1 Å². The molecule has 0 bridgehead atoms. The Bertz CT molecular complexity index is 866. The summed E-state index contributed by atoms with van der Waals surface area (Å²) < 4.78 is 5.42. The van der Waals surface area contributed by atoms with Crippen LogP contribution in [0.1, 0.15) is 88.5 Å². The largest absolute Gasteiger partial charge is 0.511 e. The third-order valence-corrected chi connectivity index (χ3v) is 5.13. The molecule has 6 heteroatoms. The average molecular weight is 386 g/mol. The number of Topliss-reactive ketones (excluding diaryl/α,β-unsaturated/α-hetero) is 2. The second kappa shape index (κ2) is 7.30. The Hall–Kier alpha value is -2.24. The molecule has 0 radical (unpaired) electrons. The minimum Gasteiger partial charge on any atom is -0.511 e. The van der Waals surface area contributed by atoms with Gasteiger partial charge in [-0.05, 0) is 39.0 Å². The lowest BCUT2D eigenvalue weighted by molar-refractivity contribution is -0.115. The van der Waals surface area contributed by atoms with Crippen molar-refractivity contribution in [2.45, 2.75) is 85.1 Å². The summed E-state index contributed by atoms with van der Waals surface area (Å²) in [5, 5.41) is 14.8. The molecule has 2 aliphatic carbocycles. The molecule has 1 aromatic rings. The van der Waals surface area contributed by atoms with Crippen LogP contribution in [0.15, 0.2) is 20.8 Å². The molecule has 0 unspecified atom stereocenters. The molecule has 0 saturated heterocycles. The second-order valence-corrected chi connectivity index (χ2v) is 9.70. The van der Waals surface area contributed by atoms with Crippen molar-refractivity contribution in [3.05, 3.63) is 28.3 Å². The summed E-state index contributed by atoms with van der Waals surface area (Å²) in [4.78, 5) is 29.7. The summed E-state index contributed by atoms with van der Waals surface area (Å²) >= 11 is 0. The Balaban J connectivity index is 1.84. The Kier molecular flexibility index (Phi) is 5.34. The maximum absolute atomic E-state index is 12.5. The number of aliphatic imine (C=N–C) groups is 1. The zero-order valence-corrected chi connectivity index (χ0v) is 17.5. The van der Waals surface area contributed by atoms with Gasteiger partial charge in [-0.2, -0.15) is 0 Å². The summed E-state index contributed by atoms with van der Waals surface area (Å²) in [7, 11) is 0. The third kappa shape index (κ3) is 4.42. The Morgan fingerprint density at radius 2 is 1.89 bits per heavy atom. The molecule has 6 nitrogen and oxygen atoms in total. The highest BCUT2D eigenvalue weighted by Crippen LogP contribution is 2.36. The van der Waals surface area contributed by atoms with Crippen LogP contribution in [0.5, 0.6) is 0 Å². The van der Waals surface area contributed by atoms with Gasteiger partial charge in [0, 0.05) is 37.8 Å². The molecule has 0 spiro atoms. The SMILES string of the molecule is CC1(C)CC(=O)c2c(CCC(O)=C3C(=O)CCCC3=NC(C)(C)C)noc2C1. The van der Waals surface area contributed by atoms with Gasteiger partial charge in [0.05, 0.1) is 22.4 Å². The number of fused-ring (bicyclic) bond motifs is 1. The van der Waals surface area contributed by atoms with Crippen molar-refractivity contribution in [1.82, 2.24) is 5.16 Å². The number of aromatic nitrogens is 1. The molecule has 0 atom stereocenters. The van der Waals surface area contributed by atoms with Crippen molar-refractivity contribution in [3.63, 3.8) is 0 Å². The van der Waals surface area contributed by atoms with E-state index < -0.39 is 0 Å². The van der Waals surface area contributed by atoms with E-state index in [1.165, 1.54) is 0 Å². The van der Waals surface area contributed by atoms with E-state index in [1.54, 1.807) is 0 Å². The molecule has 28 heavy (non-hydrogen) atoms. The fourth-order valence-corrected chi connectivity index (χ4v) is 4.02. The summed E-state index contributed by atoms with van der Waals surface area (Å²) in [5.41, 5.74) is 1.73. The number of aliphatic hydroxyl groups is 1. The first-order chi connectivity index (χ1) is 13.0.